The predicted octanol–water partition coefficient (Wildman–Crippen LogP) is 4.89. The first-order chi connectivity index (χ1) is 35.3. The second-order valence-electron chi connectivity index (χ2n) is 19.3. The molecule has 18 heteroatoms. The van der Waals surface area contributed by atoms with Crippen LogP contribution in [-0.4, -0.2) is 129 Å². The maximum Gasteiger partial charge on any atom is 0.270 e. The number of benzene rings is 1. The maximum absolute atomic E-state index is 14.5. The number of nitrogens with zero attached hydrogens (tertiary/aromatic N) is 8. The highest BCUT2D eigenvalue weighted by Gasteiger charge is 2.44. The molecule has 4 amide bonds. The number of ether oxygens (including phenoxy) is 2. The Kier molecular flexibility index (Phi) is 13.3. The van der Waals surface area contributed by atoms with E-state index in [1.165, 1.54) is 12.5 Å². The highest BCUT2D eigenvalue weighted by molar-refractivity contribution is 6.41. The average Bonchev–Trinajstić information content (AvgIpc) is 4.24. The summed E-state index contributed by atoms with van der Waals surface area (Å²) in [6, 6.07) is 8.96. The number of carbonyl (C=O) groups excluding carboxylic acids is 4. The van der Waals surface area contributed by atoms with E-state index < -0.39 is 18.0 Å². The Balaban J connectivity index is 0.741. The Bertz CT molecular complexity index is 2910. The fourth-order valence-corrected chi connectivity index (χ4v) is 11.2. The number of rotatable bonds is 15. The molecule has 0 spiro atoms. The lowest BCUT2D eigenvalue weighted by Gasteiger charge is -2.40. The standard InChI is InChI=1S/C54H58N12O6/c1-2-19-65(53(69)48(32-10-5-3-6-11-32)63-51(67)38-15-17-55-30-59-38)27-45-57-25-40(61-45)34-21-36-28-72-44-24-35(22-37-29-71-43(23-34)46(36)47(37)44)41-26-58-50(62-41)42-14-9-20-66(42)54(70)49(33-12-7-4-8-13-33)64-52(68)39-16-18-56-31-60-39/h3-8,10-12,16-18,21-22,25,31,33-35,41-42,48-49H,2,9,13-15,19-20,23-24,26-30H2,1H3,(H,57,61)(H,58,62)(H,63,67)(H,64,68). The number of aromatic amines is 1. The van der Waals surface area contributed by atoms with Gasteiger partial charge in [0.1, 0.15) is 72.9 Å². The van der Waals surface area contributed by atoms with E-state index in [-0.39, 0.29) is 66.5 Å². The minimum atomic E-state index is -0.904. The number of likely N-dealkylation sites (tertiary alicyclic amines) is 1. The number of imidazole rings is 1. The van der Waals surface area contributed by atoms with Gasteiger partial charge in [-0.15, -0.1) is 0 Å². The Labute approximate surface area is 417 Å². The topological polar surface area (TPSA) is 221 Å². The largest absolute Gasteiger partial charge is 0.493 e. The molecule has 3 aliphatic carbocycles. The third-order valence-electron chi connectivity index (χ3n) is 14.7. The van der Waals surface area contributed by atoms with Gasteiger partial charge in [-0.05, 0) is 48.5 Å². The predicted molar refractivity (Wildman–Crippen MR) is 268 cm³/mol. The summed E-state index contributed by atoms with van der Waals surface area (Å²) in [4.78, 5) is 88.9. The third-order valence-corrected chi connectivity index (χ3v) is 14.7. The minimum absolute atomic E-state index is 0.0125. The number of carbonyl (C=O) groups is 4. The summed E-state index contributed by atoms with van der Waals surface area (Å²) < 4.78 is 13.3. The highest BCUT2D eigenvalue weighted by Crippen LogP contribution is 2.50. The summed E-state index contributed by atoms with van der Waals surface area (Å²) in [7, 11) is 0. The molecule has 0 radical (unpaired) electrons. The first-order valence-corrected chi connectivity index (χ1v) is 25.2. The Morgan fingerprint density at radius 1 is 0.944 bits per heavy atom. The van der Waals surface area contributed by atoms with Crippen molar-refractivity contribution < 1.29 is 28.7 Å². The summed E-state index contributed by atoms with van der Waals surface area (Å²) >= 11 is 0. The van der Waals surface area contributed by atoms with Gasteiger partial charge in [0.05, 0.1) is 25.2 Å². The van der Waals surface area contributed by atoms with Crippen molar-refractivity contribution in [2.75, 3.05) is 39.5 Å². The minimum Gasteiger partial charge on any atom is -0.493 e. The van der Waals surface area contributed by atoms with Crippen LogP contribution >= 0.6 is 0 Å². The molecule has 0 saturated carbocycles. The van der Waals surface area contributed by atoms with Crippen molar-refractivity contribution in [1.29, 1.82) is 0 Å². The van der Waals surface area contributed by atoms with E-state index in [2.05, 4.69) is 53.0 Å². The van der Waals surface area contributed by atoms with Gasteiger partial charge < -0.3 is 40.2 Å². The van der Waals surface area contributed by atoms with E-state index in [0.29, 0.717) is 75.6 Å². The zero-order valence-electron chi connectivity index (χ0n) is 40.2. The first kappa shape index (κ1) is 46.6. The lowest BCUT2D eigenvalue weighted by molar-refractivity contribution is -0.136. The van der Waals surface area contributed by atoms with Gasteiger partial charge in [-0.2, -0.15) is 0 Å². The highest BCUT2D eigenvalue weighted by atomic mass is 16.5. The lowest BCUT2D eigenvalue weighted by Crippen LogP contribution is -2.56. The molecule has 7 heterocycles. The zero-order valence-corrected chi connectivity index (χ0v) is 40.2. The van der Waals surface area contributed by atoms with Crippen molar-refractivity contribution in [3.8, 4) is 0 Å². The Morgan fingerprint density at radius 2 is 1.78 bits per heavy atom. The van der Waals surface area contributed by atoms with Gasteiger partial charge in [-0.3, -0.25) is 34.2 Å². The normalized spacial score (nSPS) is 24.6. The van der Waals surface area contributed by atoms with Gasteiger partial charge in [0.2, 0.25) is 11.8 Å². The molecule has 5 aliphatic heterocycles. The molecular formula is C54H58N12O6. The molecule has 72 heavy (non-hydrogen) atoms. The molecule has 2 aromatic heterocycles. The van der Waals surface area contributed by atoms with E-state index in [9.17, 15) is 19.2 Å². The SMILES string of the molecule is CCCN(Cc1ncc(C2C=C3COC4=C5C(=CC(C6CN=C(C7CCCN7C(=O)C(NC(=O)c7ccncn7)C7C=CC=CC7)N6)C4)COC(=C35)C2)[nH]1)C(=O)C(NC(=O)C1=NCN=CC1)c1ccccc1. The molecule has 4 N–H and O–H groups in total. The summed E-state index contributed by atoms with van der Waals surface area (Å²) in [5, 5.41) is 9.73. The summed E-state index contributed by atoms with van der Waals surface area (Å²) in [5.74, 6) is 2.10. The van der Waals surface area contributed by atoms with Gasteiger partial charge in [0.15, 0.2) is 0 Å². The van der Waals surface area contributed by atoms with Crippen molar-refractivity contribution in [3.63, 3.8) is 0 Å². The maximum atomic E-state index is 14.5. The molecule has 7 unspecified atom stereocenters. The van der Waals surface area contributed by atoms with Crippen molar-refractivity contribution >= 4 is 41.4 Å². The number of allylic oxidation sites excluding steroid dienone is 6. The quantitative estimate of drug-likeness (QED) is 0.162. The van der Waals surface area contributed by atoms with Gasteiger partial charge in [0.25, 0.3) is 11.8 Å². The van der Waals surface area contributed by atoms with Crippen LogP contribution in [-0.2, 0) is 30.4 Å². The number of H-pyrrole nitrogens is 1. The van der Waals surface area contributed by atoms with Crippen LogP contribution in [0.4, 0.5) is 0 Å². The van der Waals surface area contributed by atoms with Crippen molar-refractivity contribution in [2.45, 2.75) is 88.5 Å². The molecule has 7 atom stereocenters. The van der Waals surface area contributed by atoms with Crippen LogP contribution in [0.1, 0.15) is 91.4 Å². The average molecular weight is 971 g/mol. The van der Waals surface area contributed by atoms with E-state index >= 15 is 0 Å². The molecule has 0 bridgehead atoms. The van der Waals surface area contributed by atoms with Crippen LogP contribution in [0.2, 0.25) is 0 Å². The van der Waals surface area contributed by atoms with E-state index in [4.69, 9.17) is 19.5 Å². The van der Waals surface area contributed by atoms with Crippen LogP contribution in [0.15, 0.2) is 140 Å². The second kappa shape index (κ2) is 20.5. The second-order valence-corrected chi connectivity index (χ2v) is 19.3. The van der Waals surface area contributed by atoms with Gasteiger partial charge in [-0.25, -0.2) is 15.0 Å². The molecule has 1 saturated heterocycles. The zero-order chi connectivity index (χ0) is 49.1. The van der Waals surface area contributed by atoms with Crippen LogP contribution in [0.25, 0.3) is 0 Å². The van der Waals surface area contributed by atoms with Crippen LogP contribution < -0.4 is 16.0 Å². The molecule has 11 rings (SSSR count). The number of amides is 4. The van der Waals surface area contributed by atoms with E-state index in [1.54, 1.807) is 17.2 Å². The summed E-state index contributed by atoms with van der Waals surface area (Å²) in [6.45, 7) is 4.93. The van der Waals surface area contributed by atoms with Crippen molar-refractivity contribution in [2.24, 2.45) is 26.8 Å². The van der Waals surface area contributed by atoms with Crippen molar-refractivity contribution in [1.82, 2.24) is 45.7 Å². The van der Waals surface area contributed by atoms with Gasteiger partial charge in [0, 0.05) is 85.6 Å². The summed E-state index contributed by atoms with van der Waals surface area (Å²) in [5.41, 5.74) is 6.64. The van der Waals surface area contributed by atoms with Gasteiger partial charge in [-0.1, -0.05) is 73.7 Å². The molecular weight excluding hydrogens is 913 g/mol. The van der Waals surface area contributed by atoms with E-state index in [1.807, 2.05) is 72.7 Å². The monoisotopic (exact) mass is 970 g/mol. The third kappa shape index (κ3) is 9.44. The number of nitrogens with one attached hydrogen (secondary N) is 4. The number of amidine groups is 1. The fourth-order valence-electron chi connectivity index (χ4n) is 11.2. The Morgan fingerprint density at radius 3 is 2.54 bits per heavy atom. The molecule has 18 nitrogen and oxygen atoms in total. The first-order valence-electron chi connectivity index (χ1n) is 25.2. The molecule has 3 aromatic rings. The fraction of sp³-hybridized carbons (Fsp3) is 0.407. The number of hydrogen-bond acceptors (Lipinski definition) is 13. The van der Waals surface area contributed by atoms with Crippen LogP contribution in [0, 0.1) is 11.8 Å². The molecule has 8 aliphatic rings. The van der Waals surface area contributed by atoms with Crippen LogP contribution in [0.3, 0.4) is 0 Å². The van der Waals surface area contributed by atoms with Crippen LogP contribution in [0.5, 0.6) is 0 Å². The van der Waals surface area contributed by atoms with Gasteiger partial charge >= 0.3 is 0 Å². The smallest absolute Gasteiger partial charge is 0.270 e. The number of hydrogen-bond donors (Lipinski definition) is 4. The Hall–Kier alpha value is -7.76. The van der Waals surface area contributed by atoms with E-state index in [0.717, 1.165) is 64.6 Å². The number of aromatic nitrogens is 4. The number of aliphatic imine (C=N–C) groups is 3. The molecule has 1 aromatic carbocycles. The molecule has 1 fully saturated rings. The van der Waals surface area contributed by atoms with Crippen molar-refractivity contribution in [3.05, 3.63) is 148 Å². The lowest BCUT2D eigenvalue weighted by atomic mass is 9.75. The molecule has 370 valence electrons. The summed E-state index contributed by atoms with van der Waals surface area (Å²) in [6.07, 6.45) is 23.5.